The molecule has 3 saturated carbocycles. The van der Waals surface area contributed by atoms with Crippen molar-refractivity contribution in [1.29, 1.82) is 0 Å². The van der Waals surface area contributed by atoms with Crippen molar-refractivity contribution in [3.8, 4) is 0 Å². The Bertz CT molecular complexity index is 735. The molecule has 0 amide bonds. The molecule has 182 valence electrons. The molecule has 0 aromatic heterocycles. The van der Waals surface area contributed by atoms with Gasteiger partial charge in [-0.1, -0.05) is 77.7 Å². The van der Waals surface area contributed by atoms with Gasteiger partial charge in [0.2, 0.25) is 0 Å². The Balaban J connectivity index is 1.47. The summed E-state index contributed by atoms with van der Waals surface area (Å²) >= 11 is 2.15. The van der Waals surface area contributed by atoms with E-state index in [-0.39, 0.29) is 16.9 Å². The maximum absolute atomic E-state index is 10.7. The van der Waals surface area contributed by atoms with Crippen LogP contribution in [0.4, 0.5) is 0 Å². The van der Waals surface area contributed by atoms with Gasteiger partial charge in [-0.15, -0.1) is 0 Å². The normalized spacial score (nSPS) is 41.2. The van der Waals surface area contributed by atoms with Gasteiger partial charge in [-0.3, -0.25) is 0 Å². The SMILES string of the molecule is CCCSCCCC[C@@H](C)[C@H]1CCC2C3=CC=C4C(C)(C)C(O)CCC4(C)C3CCC21C. The first-order valence-corrected chi connectivity index (χ1v) is 15.0. The van der Waals surface area contributed by atoms with E-state index >= 15 is 0 Å². The maximum Gasteiger partial charge on any atom is 0.0628 e. The van der Waals surface area contributed by atoms with Gasteiger partial charge in [0.05, 0.1) is 6.10 Å². The van der Waals surface area contributed by atoms with Crippen molar-refractivity contribution in [3.05, 3.63) is 23.3 Å². The van der Waals surface area contributed by atoms with E-state index in [1.807, 2.05) is 0 Å². The minimum Gasteiger partial charge on any atom is -0.392 e. The smallest absolute Gasteiger partial charge is 0.0628 e. The highest BCUT2D eigenvalue weighted by Crippen LogP contribution is 2.67. The molecule has 0 aromatic carbocycles. The van der Waals surface area contributed by atoms with Crippen molar-refractivity contribution in [2.75, 3.05) is 11.5 Å². The number of rotatable bonds is 8. The van der Waals surface area contributed by atoms with Gasteiger partial charge in [0.15, 0.2) is 0 Å². The van der Waals surface area contributed by atoms with Crippen LogP contribution in [0.2, 0.25) is 0 Å². The second-order valence-electron chi connectivity index (χ2n) is 12.9. The van der Waals surface area contributed by atoms with Crippen LogP contribution in [-0.4, -0.2) is 22.7 Å². The van der Waals surface area contributed by atoms with Crippen molar-refractivity contribution in [2.45, 2.75) is 112 Å². The van der Waals surface area contributed by atoms with Gasteiger partial charge < -0.3 is 5.11 Å². The molecule has 5 unspecified atom stereocenters. The van der Waals surface area contributed by atoms with Gasteiger partial charge in [0.1, 0.15) is 0 Å². The molecule has 4 aliphatic rings. The van der Waals surface area contributed by atoms with E-state index in [2.05, 4.69) is 65.5 Å². The molecule has 1 nitrogen and oxygen atoms in total. The highest BCUT2D eigenvalue weighted by atomic mass is 32.2. The molecule has 0 aliphatic heterocycles. The lowest BCUT2D eigenvalue weighted by molar-refractivity contribution is -0.0173. The Labute approximate surface area is 203 Å². The van der Waals surface area contributed by atoms with Gasteiger partial charge in [-0.25, -0.2) is 0 Å². The summed E-state index contributed by atoms with van der Waals surface area (Å²) in [5.74, 6) is 5.96. The average Bonchev–Trinajstić information content (AvgIpc) is 3.11. The Morgan fingerprint density at radius 2 is 1.75 bits per heavy atom. The molecule has 1 N–H and O–H groups in total. The van der Waals surface area contributed by atoms with E-state index in [0.29, 0.717) is 11.3 Å². The zero-order valence-electron chi connectivity index (χ0n) is 21.9. The van der Waals surface area contributed by atoms with Crippen LogP contribution in [-0.2, 0) is 0 Å². The van der Waals surface area contributed by atoms with Crippen LogP contribution in [0.3, 0.4) is 0 Å². The third kappa shape index (κ3) is 4.08. The summed E-state index contributed by atoms with van der Waals surface area (Å²) in [6, 6.07) is 0. The standard InChI is InChI=1S/C30H50OS/c1-7-19-32-20-9-8-10-21(2)23-12-13-24-22-11-14-26-28(3,4)27(31)16-18-30(26,6)25(22)15-17-29(23,24)5/h11,14,21,23-25,27,31H,7-10,12-13,15-20H2,1-6H3/t21-,23-,24?,25?,27?,29?,30?/m1/s1. The number of unbranched alkanes of at least 4 members (excludes halogenated alkanes) is 1. The lowest BCUT2D eigenvalue weighted by Crippen LogP contribution is -2.51. The average molecular weight is 459 g/mol. The van der Waals surface area contributed by atoms with Crippen molar-refractivity contribution in [1.82, 2.24) is 0 Å². The summed E-state index contributed by atoms with van der Waals surface area (Å²) in [5, 5.41) is 10.7. The molecule has 0 spiro atoms. The van der Waals surface area contributed by atoms with E-state index in [9.17, 15) is 5.11 Å². The quantitative estimate of drug-likeness (QED) is 0.368. The van der Waals surface area contributed by atoms with Crippen molar-refractivity contribution in [2.24, 2.45) is 39.9 Å². The molecule has 4 aliphatic carbocycles. The Morgan fingerprint density at radius 1 is 0.969 bits per heavy atom. The Morgan fingerprint density at radius 3 is 2.50 bits per heavy atom. The van der Waals surface area contributed by atoms with E-state index < -0.39 is 0 Å². The van der Waals surface area contributed by atoms with E-state index in [1.54, 1.807) is 5.57 Å². The molecule has 4 rings (SSSR count). The molecular weight excluding hydrogens is 408 g/mol. The zero-order chi connectivity index (χ0) is 23.1. The highest BCUT2D eigenvalue weighted by Gasteiger charge is 2.59. The molecule has 7 atom stereocenters. The number of fused-ring (bicyclic) bond motifs is 5. The molecule has 2 heteroatoms. The first-order chi connectivity index (χ1) is 15.2. The minimum atomic E-state index is -0.192. The minimum absolute atomic E-state index is 0.0854. The Hall–Kier alpha value is -0.210. The fourth-order valence-electron chi connectivity index (χ4n) is 8.80. The predicted molar refractivity (Wildman–Crippen MR) is 141 cm³/mol. The fourth-order valence-corrected chi connectivity index (χ4v) is 9.70. The third-order valence-electron chi connectivity index (χ3n) is 10.7. The van der Waals surface area contributed by atoms with E-state index in [1.165, 1.54) is 68.4 Å². The van der Waals surface area contributed by atoms with Crippen LogP contribution in [0.5, 0.6) is 0 Å². The predicted octanol–water partition coefficient (Wildman–Crippen LogP) is 8.43. The first-order valence-electron chi connectivity index (χ1n) is 13.8. The zero-order valence-corrected chi connectivity index (χ0v) is 22.7. The van der Waals surface area contributed by atoms with Gasteiger partial charge >= 0.3 is 0 Å². The maximum atomic E-state index is 10.7. The molecule has 0 bridgehead atoms. The summed E-state index contributed by atoms with van der Waals surface area (Å²) in [4.78, 5) is 0. The monoisotopic (exact) mass is 458 g/mol. The van der Waals surface area contributed by atoms with Crippen LogP contribution in [0.25, 0.3) is 0 Å². The lowest BCUT2D eigenvalue weighted by Gasteiger charge is -2.58. The van der Waals surface area contributed by atoms with Crippen LogP contribution in [0.1, 0.15) is 106 Å². The van der Waals surface area contributed by atoms with Crippen molar-refractivity contribution < 1.29 is 5.11 Å². The largest absolute Gasteiger partial charge is 0.392 e. The van der Waals surface area contributed by atoms with E-state index in [0.717, 1.165) is 30.6 Å². The van der Waals surface area contributed by atoms with Crippen LogP contribution < -0.4 is 0 Å². The molecular formula is C30H50OS. The Kier molecular flexibility index (Phi) is 7.35. The van der Waals surface area contributed by atoms with Crippen LogP contribution >= 0.6 is 11.8 Å². The van der Waals surface area contributed by atoms with Crippen molar-refractivity contribution in [3.63, 3.8) is 0 Å². The molecule has 0 heterocycles. The molecule has 0 radical (unpaired) electrons. The summed E-state index contributed by atoms with van der Waals surface area (Å²) in [5.41, 5.74) is 4.00. The lowest BCUT2D eigenvalue weighted by atomic mass is 9.47. The second-order valence-corrected chi connectivity index (χ2v) is 14.1. The van der Waals surface area contributed by atoms with Crippen molar-refractivity contribution >= 4 is 11.8 Å². The number of hydrogen-bond acceptors (Lipinski definition) is 2. The number of aliphatic hydroxyl groups excluding tert-OH is 1. The summed E-state index contributed by atoms with van der Waals surface area (Å²) in [6.07, 6.45) is 18.1. The van der Waals surface area contributed by atoms with Gasteiger partial charge in [0, 0.05) is 5.41 Å². The fraction of sp³-hybridized carbons (Fsp3) is 0.867. The van der Waals surface area contributed by atoms with E-state index in [4.69, 9.17) is 0 Å². The first kappa shape index (κ1) is 24.9. The summed E-state index contributed by atoms with van der Waals surface area (Å²) in [7, 11) is 0. The third-order valence-corrected chi connectivity index (χ3v) is 12.0. The summed E-state index contributed by atoms with van der Waals surface area (Å²) < 4.78 is 0. The second kappa shape index (κ2) is 9.44. The number of thioether (sulfide) groups is 1. The molecule has 3 fully saturated rings. The number of aliphatic hydroxyl groups is 1. The van der Waals surface area contributed by atoms with Crippen LogP contribution in [0, 0.1) is 39.9 Å². The molecule has 0 aromatic rings. The topological polar surface area (TPSA) is 20.2 Å². The van der Waals surface area contributed by atoms with Gasteiger partial charge in [-0.2, -0.15) is 11.8 Å². The number of hydrogen-bond donors (Lipinski definition) is 1. The highest BCUT2D eigenvalue weighted by molar-refractivity contribution is 7.99. The molecule has 0 saturated heterocycles. The number of allylic oxidation sites excluding steroid dienone is 3. The van der Waals surface area contributed by atoms with Gasteiger partial charge in [0.25, 0.3) is 0 Å². The van der Waals surface area contributed by atoms with Crippen LogP contribution in [0.15, 0.2) is 23.3 Å². The summed E-state index contributed by atoms with van der Waals surface area (Å²) in [6.45, 7) is 14.6. The molecule has 32 heavy (non-hydrogen) atoms. The van der Waals surface area contributed by atoms with Gasteiger partial charge in [-0.05, 0) is 97.4 Å².